The third kappa shape index (κ3) is 3.60. The molecule has 0 aliphatic heterocycles. The zero-order chi connectivity index (χ0) is 14.4. The van der Waals surface area contributed by atoms with Gasteiger partial charge in [0.15, 0.2) is 0 Å². The summed E-state index contributed by atoms with van der Waals surface area (Å²) in [5, 5.41) is 3.21. The average molecular weight is 338 g/mol. The third-order valence-electron chi connectivity index (χ3n) is 2.57. The third-order valence-corrected chi connectivity index (χ3v) is 3.29. The van der Waals surface area contributed by atoms with E-state index in [4.69, 9.17) is 9.47 Å². The number of benzene rings is 1. The van der Waals surface area contributed by atoms with E-state index in [9.17, 15) is 0 Å². The van der Waals surface area contributed by atoms with Gasteiger partial charge in [-0.05, 0) is 46.6 Å². The van der Waals surface area contributed by atoms with Crippen molar-refractivity contribution >= 4 is 21.7 Å². The van der Waals surface area contributed by atoms with Crippen LogP contribution in [0.4, 0.5) is 5.82 Å². The van der Waals surface area contributed by atoms with Gasteiger partial charge in [0.1, 0.15) is 28.1 Å². The number of anilines is 1. The molecule has 0 fully saturated rings. The molecule has 0 saturated heterocycles. The second kappa shape index (κ2) is 7.09. The smallest absolute Gasteiger partial charge is 0.238 e. The van der Waals surface area contributed by atoms with Crippen LogP contribution in [0, 0.1) is 0 Å². The minimum Gasteiger partial charge on any atom is -0.497 e. The van der Waals surface area contributed by atoms with Crippen molar-refractivity contribution in [2.24, 2.45) is 0 Å². The molecule has 20 heavy (non-hydrogen) atoms. The summed E-state index contributed by atoms with van der Waals surface area (Å²) in [6.45, 7) is 2.94. The summed E-state index contributed by atoms with van der Waals surface area (Å²) in [5.41, 5.74) is 0. The summed E-state index contributed by atoms with van der Waals surface area (Å²) in [5.74, 6) is 2.67. The zero-order valence-electron chi connectivity index (χ0n) is 11.4. The van der Waals surface area contributed by atoms with Crippen molar-refractivity contribution in [1.29, 1.82) is 0 Å². The molecule has 6 heteroatoms. The number of nitrogens with one attached hydrogen (secondary N) is 1. The molecule has 0 amide bonds. The highest BCUT2D eigenvalue weighted by atomic mass is 79.9. The van der Waals surface area contributed by atoms with Crippen molar-refractivity contribution in [2.75, 3.05) is 19.0 Å². The lowest BCUT2D eigenvalue weighted by Gasteiger charge is -2.10. The van der Waals surface area contributed by atoms with Crippen LogP contribution in [0.1, 0.15) is 13.3 Å². The largest absolute Gasteiger partial charge is 0.497 e. The molecule has 1 aromatic carbocycles. The highest BCUT2D eigenvalue weighted by Gasteiger charge is 2.10. The first-order chi connectivity index (χ1) is 9.74. The topological polar surface area (TPSA) is 56.3 Å². The Morgan fingerprint density at radius 2 is 1.85 bits per heavy atom. The number of halogens is 1. The normalized spacial score (nSPS) is 10.2. The van der Waals surface area contributed by atoms with E-state index in [1.807, 2.05) is 24.3 Å². The molecule has 0 aliphatic carbocycles. The van der Waals surface area contributed by atoms with E-state index in [2.05, 4.69) is 38.1 Å². The van der Waals surface area contributed by atoms with Crippen molar-refractivity contribution in [1.82, 2.24) is 9.97 Å². The molecule has 1 N–H and O–H groups in total. The second-order valence-electron chi connectivity index (χ2n) is 4.05. The summed E-state index contributed by atoms with van der Waals surface area (Å²) in [6, 6.07) is 7.32. The fourth-order valence-corrected chi connectivity index (χ4v) is 1.97. The van der Waals surface area contributed by atoms with Gasteiger partial charge in [0.05, 0.1) is 7.11 Å². The van der Waals surface area contributed by atoms with E-state index in [0.717, 1.165) is 24.5 Å². The molecule has 0 spiro atoms. The SMILES string of the molecule is CCCNc1ncnc(Oc2ccc(OC)cc2)c1Br. The van der Waals surface area contributed by atoms with E-state index in [1.54, 1.807) is 7.11 Å². The molecule has 0 aliphatic rings. The van der Waals surface area contributed by atoms with Gasteiger partial charge in [-0.3, -0.25) is 0 Å². The highest BCUT2D eigenvalue weighted by Crippen LogP contribution is 2.32. The van der Waals surface area contributed by atoms with Gasteiger partial charge >= 0.3 is 0 Å². The Labute approximate surface area is 126 Å². The van der Waals surface area contributed by atoms with Crippen LogP contribution >= 0.6 is 15.9 Å². The average Bonchev–Trinajstić information content (AvgIpc) is 2.49. The van der Waals surface area contributed by atoms with Gasteiger partial charge in [-0.1, -0.05) is 6.92 Å². The summed E-state index contributed by atoms with van der Waals surface area (Å²) < 4.78 is 11.6. The van der Waals surface area contributed by atoms with Crippen LogP contribution in [-0.4, -0.2) is 23.6 Å². The fourth-order valence-electron chi connectivity index (χ4n) is 1.55. The lowest BCUT2D eigenvalue weighted by molar-refractivity contribution is 0.412. The molecule has 2 rings (SSSR count). The van der Waals surface area contributed by atoms with Crippen LogP contribution in [0.15, 0.2) is 35.1 Å². The Morgan fingerprint density at radius 3 is 2.50 bits per heavy atom. The zero-order valence-corrected chi connectivity index (χ0v) is 13.0. The summed E-state index contributed by atoms with van der Waals surface area (Å²) in [7, 11) is 1.63. The number of nitrogens with zero attached hydrogens (tertiary/aromatic N) is 2. The van der Waals surface area contributed by atoms with Crippen LogP contribution in [0.2, 0.25) is 0 Å². The number of rotatable bonds is 6. The van der Waals surface area contributed by atoms with Gasteiger partial charge in [0, 0.05) is 6.54 Å². The molecule has 106 valence electrons. The molecule has 2 aromatic rings. The minimum atomic E-state index is 0.476. The summed E-state index contributed by atoms with van der Waals surface area (Å²) in [4.78, 5) is 8.31. The van der Waals surface area contributed by atoms with Crippen molar-refractivity contribution in [3.8, 4) is 17.4 Å². The Morgan fingerprint density at radius 1 is 1.15 bits per heavy atom. The quantitative estimate of drug-likeness (QED) is 0.867. The standard InChI is InChI=1S/C14H16BrN3O2/c1-3-8-16-13-12(15)14(18-9-17-13)20-11-6-4-10(19-2)5-7-11/h4-7,9H,3,8H2,1-2H3,(H,16,17,18). The molecular weight excluding hydrogens is 322 g/mol. The Hall–Kier alpha value is -1.82. The highest BCUT2D eigenvalue weighted by molar-refractivity contribution is 9.10. The van der Waals surface area contributed by atoms with Gasteiger partial charge in [0.2, 0.25) is 5.88 Å². The van der Waals surface area contributed by atoms with Crippen LogP contribution in [-0.2, 0) is 0 Å². The first-order valence-corrected chi connectivity index (χ1v) is 7.10. The molecule has 1 heterocycles. The van der Waals surface area contributed by atoms with E-state index in [1.165, 1.54) is 6.33 Å². The maximum Gasteiger partial charge on any atom is 0.238 e. The minimum absolute atomic E-state index is 0.476. The molecule has 5 nitrogen and oxygen atoms in total. The van der Waals surface area contributed by atoms with Gasteiger partial charge < -0.3 is 14.8 Å². The Balaban J connectivity index is 2.15. The van der Waals surface area contributed by atoms with Crippen LogP contribution < -0.4 is 14.8 Å². The van der Waals surface area contributed by atoms with Crippen molar-refractivity contribution in [2.45, 2.75) is 13.3 Å². The Bertz CT molecular complexity index is 561. The van der Waals surface area contributed by atoms with Gasteiger partial charge in [-0.2, -0.15) is 0 Å². The summed E-state index contributed by atoms with van der Waals surface area (Å²) >= 11 is 3.46. The number of hydrogen-bond donors (Lipinski definition) is 1. The van der Waals surface area contributed by atoms with E-state index >= 15 is 0 Å². The van der Waals surface area contributed by atoms with Crippen molar-refractivity contribution < 1.29 is 9.47 Å². The lowest BCUT2D eigenvalue weighted by atomic mass is 10.3. The fraction of sp³-hybridized carbons (Fsp3) is 0.286. The predicted molar refractivity (Wildman–Crippen MR) is 81.6 cm³/mol. The summed E-state index contributed by atoms with van der Waals surface area (Å²) in [6.07, 6.45) is 2.49. The van der Waals surface area contributed by atoms with Gasteiger partial charge in [0.25, 0.3) is 0 Å². The maximum atomic E-state index is 5.74. The molecule has 0 saturated carbocycles. The molecule has 1 aromatic heterocycles. The number of hydrogen-bond acceptors (Lipinski definition) is 5. The van der Waals surface area contributed by atoms with Gasteiger partial charge in [-0.25, -0.2) is 9.97 Å². The first-order valence-electron chi connectivity index (χ1n) is 6.31. The van der Waals surface area contributed by atoms with E-state index in [0.29, 0.717) is 16.1 Å². The number of aromatic nitrogens is 2. The lowest BCUT2D eigenvalue weighted by Crippen LogP contribution is -2.04. The van der Waals surface area contributed by atoms with Crippen LogP contribution in [0.25, 0.3) is 0 Å². The molecular formula is C14H16BrN3O2. The van der Waals surface area contributed by atoms with Crippen LogP contribution in [0.5, 0.6) is 17.4 Å². The molecule has 0 bridgehead atoms. The monoisotopic (exact) mass is 337 g/mol. The molecule has 0 radical (unpaired) electrons. The van der Waals surface area contributed by atoms with Gasteiger partial charge in [-0.15, -0.1) is 0 Å². The maximum absolute atomic E-state index is 5.74. The van der Waals surface area contributed by atoms with Crippen molar-refractivity contribution in [3.63, 3.8) is 0 Å². The first kappa shape index (κ1) is 14.6. The Kier molecular flexibility index (Phi) is 5.17. The molecule has 0 unspecified atom stereocenters. The second-order valence-corrected chi connectivity index (χ2v) is 4.84. The predicted octanol–water partition coefficient (Wildman–Crippen LogP) is 3.86. The number of ether oxygens (including phenoxy) is 2. The number of methoxy groups -OCH3 is 1. The van der Waals surface area contributed by atoms with Crippen molar-refractivity contribution in [3.05, 3.63) is 35.1 Å². The van der Waals surface area contributed by atoms with E-state index in [-0.39, 0.29) is 0 Å². The van der Waals surface area contributed by atoms with E-state index < -0.39 is 0 Å². The van der Waals surface area contributed by atoms with Crippen LogP contribution in [0.3, 0.4) is 0 Å². The molecule has 0 atom stereocenters.